The number of nitrogens with one attached hydrogen (secondary N) is 2. The molecule has 1 aromatic rings. The zero-order chi connectivity index (χ0) is 15.8. The summed E-state index contributed by atoms with van der Waals surface area (Å²) in [5.74, 6) is -0.0404. The predicted molar refractivity (Wildman–Crippen MR) is 102 cm³/mol. The van der Waals surface area contributed by atoms with Crippen LogP contribution in [0.25, 0.3) is 0 Å². The Kier molecular flexibility index (Phi) is 12.1. The minimum Gasteiger partial charge on any atom is -0.366 e. The molecule has 1 amide bonds. The summed E-state index contributed by atoms with van der Waals surface area (Å²) in [7, 11) is 0. The summed E-state index contributed by atoms with van der Waals surface area (Å²) in [6.45, 7) is 9.93. The normalized spacial score (nSPS) is 16.9. The molecule has 0 radical (unpaired) electrons. The van der Waals surface area contributed by atoms with E-state index in [0.29, 0.717) is 19.7 Å². The average molecular weight is 378 g/mol. The van der Waals surface area contributed by atoms with Crippen molar-refractivity contribution in [2.75, 3.05) is 32.8 Å². The Hall–Kier alpha value is -0.850. The van der Waals surface area contributed by atoms with Gasteiger partial charge in [-0.1, -0.05) is 38.1 Å². The number of carbonyl (C=O) groups excluding carboxylic acids is 1. The Balaban J connectivity index is 0.00000264. The number of rotatable bonds is 7. The Bertz CT molecular complexity index is 479. The highest BCUT2D eigenvalue weighted by Gasteiger charge is 2.21. The molecule has 0 saturated carbocycles. The van der Waals surface area contributed by atoms with Crippen LogP contribution < -0.4 is 10.6 Å². The minimum absolute atomic E-state index is 0. The zero-order valence-electron chi connectivity index (χ0n) is 14.4. The molecule has 1 aliphatic rings. The topological polar surface area (TPSA) is 53.6 Å². The van der Waals surface area contributed by atoms with E-state index >= 15 is 0 Å². The maximum atomic E-state index is 12.0. The van der Waals surface area contributed by atoms with E-state index in [9.17, 15) is 4.79 Å². The summed E-state index contributed by atoms with van der Waals surface area (Å²) < 4.78 is 5.45. The standard InChI is InChI=1S/C17H27N3O2.2ClH/c1-3-20(4-2)13-15-7-5-6-14(10-15)11-19-17(21)16-12-18-8-9-22-16;;/h5-7,10,16,18H,3-4,8-9,11-13H2,1-2H3,(H,19,21);2*1H. The monoisotopic (exact) mass is 377 g/mol. The number of hydrogen-bond donors (Lipinski definition) is 2. The largest absolute Gasteiger partial charge is 0.366 e. The van der Waals surface area contributed by atoms with Gasteiger partial charge in [-0.3, -0.25) is 9.69 Å². The van der Waals surface area contributed by atoms with E-state index in [4.69, 9.17) is 4.74 Å². The van der Waals surface area contributed by atoms with Crippen LogP contribution in [-0.4, -0.2) is 49.7 Å². The highest BCUT2D eigenvalue weighted by molar-refractivity contribution is 5.85. The third kappa shape index (κ3) is 7.36. The number of ether oxygens (including phenoxy) is 1. The first-order valence-corrected chi connectivity index (χ1v) is 8.13. The van der Waals surface area contributed by atoms with E-state index in [-0.39, 0.29) is 36.8 Å². The molecule has 1 saturated heterocycles. The van der Waals surface area contributed by atoms with Crippen LogP contribution in [0.4, 0.5) is 0 Å². The van der Waals surface area contributed by atoms with E-state index in [0.717, 1.165) is 31.7 Å². The van der Waals surface area contributed by atoms with Gasteiger partial charge in [0, 0.05) is 26.2 Å². The van der Waals surface area contributed by atoms with Gasteiger partial charge in [-0.2, -0.15) is 0 Å². The first kappa shape index (κ1) is 23.1. The van der Waals surface area contributed by atoms with Crippen LogP contribution in [0.2, 0.25) is 0 Å². The van der Waals surface area contributed by atoms with Gasteiger partial charge in [0.2, 0.25) is 0 Å². The molecule has 24 heavy (non-hydrogen) atoms. The van der Waals surface area contributed by atoms with Crippen LogP contribution in [0.15, 0.2) is 24.3 Å². The van der Waals surface area contributed by atoms with E-state index in [1.54, 1.807) is 0 Å². The number of halogens is 2. The van der Waals surface area contributed by atoms with Crippen molar-refractivity contribution in [1.29, 1.82) is 0 Å². The van der Waals surface area contributed by atoms with Gasteiger partial charge in [0.25, 0.3) is 5.91 Å². The van der Waals surface area contributed by atoms with E-state index in [2.05, 4.69) is 47.6 Å². The summed E-state index contributed by atoms with van der Waals surface area (Å²) in [6.07, 6.45) is -0.368. The van der Waals surface area contributed by atoms with Crippen molar-refractivity contribution in [2.45, 2.75) is 33.0 Å². The highest BCUT2D eigenvalue weighted by atomic mass is 35.5. The van der Waals surface area contributed by atoms with Crippen molar-refractivity contribution >= 4 is 30.7 Å². The quantitative estimate of drug-likeness (QED) is 0.762. The molecule has 1 atom stereocenters. The maximum Gasteiger partial charge on any atom is 0.250 e. The van der Waals surface area contributed by atoms with Gasteiger partial charge in [0.1, 0.15) is 6.10 Å². The van der Waals surface area contributed by atoms with Crippen LogP contribution in [0.5, 0.6) is 0 Å². The maximum absolute atomic E-state index is 12.0. The van der Waals surface area contributed by atoms with Crippen molar-refractivity contribution in [3.63, 3.8) is 0 Å². The fourth-order valence-corrected chi connectivity index (χ4v) is 2.58. The lowest BCUT2D eigenvalue weighted by Gasteiger charge is -2.22. The van der Waals surface area contributed by atoms with Crippen molar-refractivity contribution in [1.82, 2.24) is 15.5 Å². The van der Waals surface area contributed by atoms with Gasteiger partial charge >= 0.3 is 0 Å². The van der Waals surface area contributed by atoms with Gasteiger partial charge in [0.15, 0.2) is 0 Å². The predicted octanol–water partition coefficient (Wildman–Crippen LogP) is 1.98. The van der Waals surface area contributed by atoms with Crippen LogP contribution in [0.3, 0.4) is 0 Å². The SMILES string of the molecule is CCN(CC)Cc1cccc(CNC(=O)C2CNCCO2)c1.Cl.Cl. The number of nitrogens with zero attached hydrogens (tertiary/aromatic N) is 1. The van der Waals surface area contributed by atoms with Crippen LogP contribution in [0.1, 0.15) is 25.0 Å². The number of morpholine rings is 1. The molecule has 0 spiro atoms. The smallest absolute Gasteiger partial charge is 0.250 e. The number of hydrogen-bond acceptors (Lipinski definition) is 4. The molecule has 2 rings (SSSR count). The summed E-state index contributed by atoms with van der Waals surface area (Å²) >= 11 is 0. The molecule has 1 heterocycles. The Morgan fingerprint density at radius 2 is 2.00 bits per heavy atom. The molecule has 7 heteroatoms. The van der Waals surface area contributed by atoms with Gasteiger partial charge in [-0.15, -0.1) is 24.8 Å². The second-order valence-electron chi connectivity index (χ2n) is 5.56. The molecule has 0 bridgehead atoms. The molecule has 2 N–H and O–H groups in total. The molecular weight excluding hydrogens is 349 g/mol. The summed E-state index contributed by atoms with van der Waals surface area (Å²) in [6, 6.07) is 8.40. The van der Waals surface area contributed by atoms with E-state index in [1.807, 2.05) is 6.07 Å². The lowest BCUT2D eigenvalue weighted by atomic mass is 10.1. The van der Waals surface area contributed by atoms with Gasteiger partial charge < -0.3 is 15.4 Å². The third-order valence-corrected chi connectivity index (χ3v) is 3.98. The molecule has 1 aromatic carbocycles. The molecule has 138 valence electrons. The molecule has 1 unspecified atom stereocenters. The van der Waals surface area contributed by atoms with Crippen LogP contribution >= 0.6 is 24.8 Å². The fraction of sp³-hybridized carbons (Fsp3) is 0.588. The molecule has 1 fully saturated rings. The van der Waals surface area contributed by atoms with Gasteiger partial charge in [-0.25, -0.2) is 0 Å². The average Bonchev–Trinajstić information content (AvgIpc) is 2.58. The third-order valence-electron chi connectivity index (χ3n) is 3.98. The summed E-state index contributed by atoms with van der Waals surface area (Å²) in [5, 5.41) is 6.13. The van der Waals surface area contributed by atoms with Crippen molar-refractivity contribution < 1.29 is 9.53 Å². The lowest BCUT2D eigenvalue weighted by Crippen LogP contribution is -2.47. The van der Waals surface area contributed by atoms with Gasteiger partial charge in [-0.05, 0) is 24.2 Å². The van der Waals surface area contributed by atoms with Gasteiger partial charge in [0.05, 0.1) is 6.61 Å². The molecule has 0 aliphatic carbocycles. The molecule has 0 aromatic heterocycles. The number of benzene rings is 1. The minimum atomic E-state index is -0.368. The fourth-order valence-electron chi connectivity index (χ4n) is 2.58. The Morgan fingerprint density at radius 1 is 1.29 bits per heavy atom. The van der Waals surface area contributed by atoms with Crippen molar-refractivity contribution in [3.05, 3.63) is 35.4 Å². The second-order valence-corrected chi connectivity index (χ2v) is 5.56. The zero-order valence-corrected chi connectivity index (χ0v) is 16.0. The summed E-state index contributed by atoms with van der Waals surface area (Å²) in [4.78, 5) is 14.4. The first-order chi connectivity index (χ1) is 10.7. The Morgan fingerprint density at radius 3 is 2.62 bits per heavy atom. The molecule has 5 nitrogen and oxygen atoms in total. The Labute approximate surface area is 157 Å². The second kappa shape index (κ2) is 12.5. The van der Waals surface area contributed by atoms with Crippen LogP contribution in [0, 0.1) is 0 Å². The number of amides is 1. The lowest BCUT2D eigenvalue weighted by molar-refractivity contribution is -0.134. The molecule has 1 aliphatic heterocycles. The van der Waals surface area contributed by atoms with E-state index < -0.39 is 0 Å². The van der Waals surface area contributed by atoms with Crippen molar-refractivity contribution in [2.24, 2.45) is 0 Å². The summed E-state index contributed by atoms with van der Waals surface area (Å²) in [5.41, 5.74) is 2.41. The van der Waals surface area contributed by atoms with Crippen molar-refractivity contribution in [3.8, 4) is 0 Å². The highest BCUT2D eigenvalue weighted by Crippen LogP contribution is 2.09. The van der Waals surface area contributed by atoms with E-state index in [1.165, 1.54) is 5.56 Å². The first-order valence-electron chi connectivity index (χ1n) is 8.13. The number of carbonyl (C=O) groups is 1. The van der Waals surface area contributed by atoms with Crippen LogP contribution in [-0.2, 0) is 22.6 Å². The molecular formula is C17H29Cl2N3O2.